The van der Waals surface area contributed by atoms with Crippen LogP contribution >= 0.6 is 11.3 Å². The molecule has 0 spiro atoms. The van der Waals surface area contributed by atoms with Gasteiger partial charge in [0.1, 0.15) is 0 Å². The summed E-state index contributed by atoms with van der Waals surface area (Å²) in [6, 6.07) is 65.9. The van der Waals surface area contributed by atoms with E-state index in [1.807, 2.05) is 29.5 Å². The molecule has 0 saturated carbocycles. The highest BCUT2D eigenvalue weighted by Gasteiger charge is 2.37. The largest absolute Gasteiger partial charge is 0.228 e. The van der Waals surface area contributed by atoms with Crippen LogP contribution in [0.4, 0.5) is 0 Å². The average molecular weight is 733 g/mol. The number of hydrogen-bond donors (Lipinski definition) is 0. The standard InChI is InChI=1S/C53H36N2S/c1-53(2)44-22-11-20-41(50(44)43-30-36-15-6-7-16-37(36)31-45(43)53)38-17-10-18-39(29-38)47-32-46(54-52(55-47)35-13-4-3-5-14-35)34-27-25-33(26-28-34)40-21-12-24-49-51(40)42-19-8-9-23-48(42)56-49/h3-32H,1-2H3. The lowest BCUT2D eigenvalue weighted by Gasteiger charge is -2.22. The van der Waals surface area contributed by atoms with Gasteiger partial charge >= 0.3 is 0 Å². The van der Waals surface area contributed by atoms with Crippen molar-refractivity contribution in [2.24, 2.45) is 0 Å². The molecule has 3 heteroatoms. The maximum absolute atomic E-state index is 5.21. The topological polar surface area (TPSA) is 25.8 Å². The van der Waals surface area contributed by atoms with Crippen LogP contribution < -0.4 is 0 Å². The normalized spacial score (nSPS) is 13.0. The van der Waals surface area contributed by atoms with Gasteiger partial charge in [0.25, 0.3) is 0 Å². The van der Waals surface area contributed by atoms with Gasteiger partial charge in [-0.25, -0.2) is 9.97 Å². The molecule has 10 aromatic rings. The fourth-order valence-electron chi connectivity index (χ4n) is 8.85. The van der Waals surface area contributed by atoms with Gasteiger partial charge in [0.05, 0.1) is 11.4 Å². The summed E-state index contributed by atoms with van der Waals surface area (Å²) in [6.45, 7) is 4.72. The first-order chi connectivity index (χ1) is 27.5. The fourth-order valence-corrected chi connectivity index (χ4v) is 9.99. The molecular weight excluding hydrogens is 697 g/mol. The minimum absolute atomic E-state index is 0.103. The van der Waals surface area contributed by atoms with Crippen LogP contribution in [-0.4, -0.2) is 9.97 Å². The third kappa shape index (κ3) is 5.23. The van der Waals surface area contributed by atoms with E-state index >= 15 is 0 Å². The van der Waals surface area contributed by atoms with Gasteiger partial charge in [-0.3, -0.25) is 0 Å². The van der Waals surface area contributed by atoms with E-state index in [0.717, 1.165) is 28.1 Å². The Morgan fingerprint density at radius 2 is 1.04 bits per heavy atom. The second-order valence-corrected chi connectivity index (χ2v) is 16.4. The van der Waals surface area contributed by atoms with E-state index in [-0.39, 0.29) is 5.41 Å². The van der Waals surface area contributed by atoms with Gasteiger partial charge in [-0.1, -0.05) is 159 Å². The molecule has 0 saturated heterocycles. The van der Waals surface area contributed by atoms with Gasteiger partial charge in [-0.15, -0.1) is 11.3 Å². The van der Waals surface area contributed by atoms with Crippen molar-refractivity contribution < 1.29 is 0 Å². The number of thiophene rings is 1. The van der Waals surface area contributed by atoms with E-state index in [2.05, 4.69) is 178 Å². The quantitative estimate of drug-likeness (QED) is 0.176. The first-order valence-corrected chi connectivity index (χ1v) is 20.0. The minimum Gasteiger partial charge on any atom is -0.228 e. The molecule has 2 aromatic heterocycles. The summed E-state index contributed by atoms with van der Waals surface area (Å²) in [5.74, 6) is 0.713. The van der Waals surface area contributed by atoms with Gasteiger partial charge in [-0.2, -0.15) is 0 Å². The van der Waals surface area contributed by atoms with E-state index in [9.17, 15) is 0 Å². The summed E-state index contributed by atoms with van der Waals surface area (Å²) in [6.07, 6.45) is 0. The first-order valence-electron chi connectivity index (χ1n) is 19.2. The Morgan fingerprint density at radius 1 is 0.411 bits per heavy atom. The molecule has 0 aliphatic heterocycles. The molecular formula is C53H36N2S. The van der Waals surface area contributed by atoms with E-state index in [4.69, 9.17) is 9.97 Å². The molecule has 0 bridgehead atoms. The van der Waals surface area contributed by atoms with Crippen LogP contribution in [0.1, 0.15) is 25.0 Å². The van der Waals surface area contributed by atoms with Crippen LogP contribution in [0.3, 0.4) is 0 Å². The Bertz CT molecular complexity index is 3150. The van der Waals surface area contributed by atoms with Gasteiger partial charge in [0.15, 0.2) is 5.82 Å². The third-order valence-electron chi connectivity index (χ3n) is 11.7. The molecule has 264 valence electrons. The summed E-state index contributed by atoms with van der Waals surface area (Å²) in [5.41, 5.74) is 15.1. The van der Waals surface area contributed by atoms with Crippen molar-refractivity contribution in [3.63, 3.8) is 0 Å². The minimum atomic E-state index is -0.103. The van der Waals surface area contributed by atoms with Crippen LogP contribution in [0.25, 0.3) is 98.2 Å². The summed E-state index contributed by atoms with van der Waals surface area (Å²) in [4.78, 5) is 10.4. The summed E-state index contributed by atoms with van der Waals surface area (Å²) < 4.78 is 2.63. The second-order valence-electron chi connectivity index (χ2n) is 15.4. The fraction of sp³-hybridized carbons (Fsp3) is 0.0566. The molecule has 1 aliphatic rings. The summed E-state index contributed by atoms with van der Waals surface area (Å²) >= 11 is 1.85. The van der Waals surface area contributed by atoms with Crippen molar-refractivity contribution in [2.45, 2.75) is 19.3 Å². The molecule has 0 atom stereocenters. The van der Waals surface area contributed by atoms with E-state index in [1.165, 1.54) is 75.5 Å². The maximum Gasteiger partial charge on any atom is 0.160 e. The lowest BCUT2D eigenvalue weighted by Crippen LogP contribution is -2.14. The Hall–Kier alpha value is -6.68. The van der Waals surface area contributed by atoms with Crippen molar-refractivity contribution in [3.05, 3.63) is 193 Å². The molecule has 2 nitrogen and oxygen atoms in total. The zero-order chi connectivity index (χ0) is 37.4. The molecule has 0 amide bonds. The van der Waals surface area contributed by atoms with Gasteiger partial charge in [0, 0.05) is 42.3 Å². The number of aromatic nitrogens is 2. The summed E-state index contributed by atoms with van der Waals surface area (Å²) in [7, 11) is 0. The molecule has 2 heterocycles. The van der Waals surface area contributed by atoms with Crippen molar-refractivity contribution in [1.82, 2.24) is 9.97 Å². The lowest BCUT2D eigenvalue weighted by atomic mass is 9.81. The van der Waals surface area contributed by atoms with Gasteiger partial charge in [0.2, 0.25) is 0 Å². The summed E-state index contributed by atoms with van der Waals surface area (Å²) in [5, 5.41) is 5.18. The number of fused-ring (bicyclic) bond motifs is 7. The Kier molecular flexibility index (Phi) is 7.42. The zero-order valence-corrected chi connectivity index (χ0v) is 31.9. The number of nitrogens with zero attached hydrogens (tertiary/aromatic N) is 2. The van der Waals surface area contributed by atoms with Crippen LogP contribution in [0, 0.1) is 0 Å². The second kappa shape index (κ2) is 12.7. The van der Waals surface area contributed by atoms with Crippen molar-refractivity contribution in [3.8, 4) is 67.3 Å². The van der Waals surface area contributed by atoms with E-state index < -0.39 is 0 Å². The predicted octanol–water partition coefficient (Wildman–Crippen LogP) is 14.6. The SMILES string of the molecule is CC1(C)c2cc3ccccc3cc2-c2c(-c3cccc(-c4cc(-c5ccc(-c6cccc7sc8ccccc8c67)cc5)nc(-c5ccccc5)n4)c3)cccc21. The lowest BCUT2D eigenvalue weighted by molar-refractivity contribution is 0.661. The van der Waals surface area contributed by atoms with Crippen LogP contribution in [-0.2, 0) is 5.41 Å². The van der Waals surface area contributed by atoms with Crippen LogP contribution in [0.15, 0.2) is 182 Å². The highest BCUT2D eigenvalue weighted by Crippen LogP contribution is 2.53. The van der Waals surface area contributed by atoms with Crippen molar-refractivity contribution in [2.75, 3.05) is 0 Å². The average Bonchev–Trinajstić information content (AvgIpc) is 3.75. The molecule has 0 radical (unpaired) electrons. The van der Waals surface area contributed by atoms with E-state index in [0.29, 0.717) is 5.82 Å². The monoisotopic (exact) mass is 732 g/mol. The van der Waals surface area contributed by atoms with Crippen LogP contribution in [0.2, 0.25) is 0 Å². The smallest absolute Gasteiger partial charge is 0.160 e. The van der Waals surface area contributed by atoms with Gasteiger partial charge < -0.3 is 0 Å². The highest BCUT2D eigenvalue weighted by molar-refractivity contribution is 7.25. The van der Waals surface area contributed by atoms with Crippen LogP contribution in [0.5, 0.6) is 0 Å². The molecule has 0 fully saturated rings. The van der Waals surface area contributed by atoms with E-state index in [1.54, 1.807) is 0 Å². The Labute approximate surface area is 330 Å². The molecule has 56 heavy (non-hydrogen) atoms. The molecule has 0 unspecified atom stereocenters. The van der Waals surface area contributed by atoms with Crippen molar-refractivity contribution in [1.29, 1.82) is 0 Å². The predicted molar refractivity (Wildman–Crippen MR) is 237 cm³/mol. The number of rotatable bonds is 5. The van der Waals surface area contributed by atoms with Crippen molar-refractivity contribution >= 4 is 42.3 Å². The first kappa shape index (κ1) is 32.7. The Morgan fingerprint density at radius 3 is 1.88 bits per heavy atom. The molecule has 11 rings (SSSR count). The number of hydrogen-bond acceptors (Lipinski definition) is 3. The highest BCUT2D eigenvalue weighted by atomic mass is 32.1. The Balaban J connectivity index is 1.03. The third-order valence-corrected chi connectivity index (χ3v) is 12.8. The molecule has 8 aromatic carbocycles. The molecule has 0 N–H and O–H groups in total. The maximum atomic E-state index is 5.21. The molecule has 1 aliphatic carbocycles. The van der Waals surface area contributed by atoms with Gasteiger partial charge in [-0.05, 0) is 91.7 Å². The zero-order valence-electron chi connectivity index (χ0n) is 31.1. The number of benzene rings is 8.